The maximum Gasteiger partial charge on any atom is 0.251 e. The second-order valence-electron chi connectivity index (χ2n) is 5.72. The van der Waals surface area contributed by atoms with Crippen LogP contribution >= 0.6 is 0 Å². The molecule has 0 aliphatic carbocycles. The van der Waals surface area contributed by atoms with Gasteiger partial charge in [0.2, 0.25) is 5.91 Å². The van der Waals surface area contributed by atoms with Crippen LogP contribution in [0.3, 0.4) is 0 Å². The van der Waals surface area contributed by atoms with E-state index in [2.05, 4.69) is 10.6 Å². The van der Waals surface area contributed by atoms with Crippen LogP contribution in [0.25, 0.3) is 0 Å². The molecular weight excluding hydrogens is 344 g/mol. The molecule has 1 aromatic rings. The number of carbonyl (C=O) groups excluding carboxylic acids is 2. The highest BCUT2D eigenvalue weighted by Crippen LogP contribution is 2.12. The zero-order chi connectivity index (χ0) is 18.9. The fourth-order valence-corrected chi connectivity index (χ4v) is 3.14. The molecular formula is C17H26N2O5S. The largest absolute Gasteiger partial charge is 0.384 e. The number of carbonyl (C=O) groups is 2. The number of nitrogens with one attached hydrogen (secondary N) is 2. The quantitative estimate of drug-likeness (QED) is 0.643. The summed E-state index contributed by atoms with van der Waals surface area (Å²) in [6.07, 6.45) is 1.04. The molecule has 1 aromatic carbocycles. The van der Waals surface area contributed by atoms with Crippen LogP contribution < -0.4 is 10.6 Å². The highest BCUT2D eigenvalue weighted by atomic mass is 32.2. The molecule has 2 N–H and O–H groups in total. The Kier molecular flexibility index (Phi) is 8.57. The molecule has 0 heterocycles. The van der Waals surface area contributed by atoms with Crippen LogP contribution in [0, 0.1) is 0 Å². The summed E-state index contributed by atoms with van der Waals surface area (Å²) in [7, 11) is -1.98. The van der Waals surface area contributed by atoms with E-state index in [1.807, 2.05) is 13.8 Å². The fraction of sp³-hybridized carbons (Fsp3) is 0.529. The van der Waals surface area contributed by atoms with Gasteiger partial charge in [0.1, 0.15) is 0 Å². The van der Waals surface area contributed by atoms with Gasteiger partial charge in [-0.1, -0.05) is 6.92 Å². The Morgan fingerprint density at radius 2 is 1.84 bits per heavy atom. The van der Waals surface area contributed by atoms with Crippen molar-refractivity contribution in [3.8, 4) is 0 Å². The summed E-state index contributed by atoms with van der Waals surface area (Å²) in [5, 5.41) is 5.46. The van der Waals surface area contributed by atoms with Gasteiger partial charge in [-0.15, -0.1) is 0 Å². The third kappa shape index (κ3) is 7.23. The zero-order valence-electron chi connectivity index (χ0n) is 14.9. The van der Waals surface area contributed by atoms with Crippen LogP contribution in [0.5, 0.6) is 0 Å². The number of hydrogen-bond acceptors (Lipinski definition) is 5. The van der Waals surface area contributed by atoms with Crippen molar-refractivity contribution in [1.29, 1.82) is 0 Å². The normalized spacial score (nSPS) is 12.4. The summed E-state index contributed by atoms with van der Waals surface area (Å²) in [5.74, 6) is -0.577. The minimum Gasteiger partial charge on any atom is -0.384 e. The topological polar surface area (TPSA) is 102 Å². The van der Waals surface area contributed by atoms with Crippen molar-refractivity contribution in [2.45, 2.75) is 37.6 Å². The number of ether oxygens (including phenoxy) is 1. The molecule has 0 radical (unpaired) electrons. The lowest BCUT2D eigenvalue weighted by Gasteiger charge is -2.11. The Hall–Kier alpha value is -1.93. The van der Waals surface area contributed by atoms with Gasteiger partial charge in [0, 0.05) is 31.7 Å². The fourth-order valence-electron chi connectivity index (χ4n) is 1.97. The number of sulfone groups is 1. The standard InChI is InChI=1S/C17H26N2O5S/c1-4-13(2)19-16(20)9-10-18-17(21)14-5-7-15(8-6-14)25(22,23)12-11-24-3/h5-8,13H,4,9-12H2,1-3H3,(H,18,21)(H,19,20). The van der Waals surface area contributed by atoms with Crippen molar-refractivity contribution in [3.05, 3.63) is 29.8 Å². The summed E-state index contributed by atoms with van der Waals surface area (Å²) >= 11 is 0. The van der Waals surface area contributed by atoms with E-state index in [9.17, 15) is 18.0 Å². The predicted octanol–water partition coefficient (Wildman–Crippen LogP) is 1.14. The molecule has 0 saturated carbocycles. The molecule has 0 saturated heterocycles. The maximum atomic E-state index is 12.0. The Bertz CT molecular complexity index is 671. The number of amides is 2. The Labute approximate surface area is 149 Å². The van der Waals surface area contributed by atoms with Gasteiger partial charge in [-0.3, -0.25) is 9.59 Å². The Morgan fingerprint density at radius 1 is 1.20 bits per heavy atom. The summed E-state index contributed by atoms with van der Waals surface area (Å²) in [6.45, 7) is 4.23. The lowest BCUT2D eigenvalue weighted by Crippen LogP contribution is -2.35. The molecule has 7 nitrogen and oxygen atoms in total. The summed E-state index contributed by atoms with van der Waals surface area (Å²) in [4.78, 5) is 23.8. The first-order valence-electron chi connectivity index (χ1n) is 8.19. The highest BCUT2D eigenvalue weighted by Gasteiger charge is 2.15. The molecule has 140 valence electrons. The lowest BCUT2D eigenvalue weighted by molar-refractivity contribution is -0.121. The van der Waals surface area contributed by atoms with Gasteiger partial charge in [-0.25, -0.2) is 8.42 Å². The Balaban J connectivity index is 2.53. The summed E-state index contributed by atoms with van der Waals surface area (Å²) in [5.41, 5.74) is 0.341. The van der Waals surface area contributed by atoms with E-state index in [1.54, 1.807) is 0 Å². The highest BCUT2D eigenvalue weighted by molar-refractivity contribution is 7.91. The smallest absolute Gasteiger partial charge is 0.251 e. The third-order valence-corrected chi connectivity index (χ3v) is 5.38. The van der Waals surface area contributed by atoms with Gasteiger partial charge in [-0.05, 0) is 37.6 Å². The maximum absolute atomic E-state index is 12.0. The van der Waals surface area contributed by atoms with Crippen molar-refractivity contribution >= 4 is 21.7 Å². The average molecular weight is 370 g/mol. The zero-order valence-corrected chi connectivity index (χ0v) is 15.7. The summed E-state index contributed by atoms with van der Waals surface area (Å²) in [6, 6.07) is 5.81. The average Bonchev–Trinajstić information content (AvgIpc) is 2.59. The van der Waals surface area contributed by atoms with Gasteiger partial charge in [0.05, 0.1) is 17.3 Å². The van der Waals surface area contributed by atoms with Crippen LogP contribution in [0.15, 0.2) is 29.2 Å². The van der Waals surface area contributed by atoms with Gasteiger partial charge in [0.25, 0.3) is 5.91 Å². The van der Waals surface area contributed by atoms with E-state index < -0.39 is 9.84 Å². The van der Waals surface area contributed by atoms with Gasteiger partial charge in [-0.2, -0.15) is 0 Å². The minimum absolute atomic E-state index is 0.107. The Morgan fingerprint density at radius 3 is 2.40 bits per heavy atom. The number of hydrogen-bond donors (Lipinski definition) is 2. The molecule has 25 heavy (non-hydrogen) atoms. The van der Waals surface area contributed by atoms with E-state index >= 15 is 0 Å². The SMILES string of the molecule is CCC(C)NC(=O)CCNC(=O)c1ccc(S(=O)(=O)CCOC)cc1. The van der Waals surface area contributed by atoms with E-state index in [-0.39, 0.29) is 48.1 Å². The molecule has 0 bridgehead atoms. The van der Waals surface area contributed by atoms with E-state index in [4.69, 9.17) is 4.74 Å². The summed E-state index contributed by atoms with van der Waals surface area (Å²) < 4.78 is 28.8. The monoisotopic (exact) mass is 370 g/mol. The minimum atomic E-state index is -3.42. The first-order chi connectivity index (χ1) is 11.8. The van der Waals surface area contributed by atoms with E-state index in [0.29, 0.717) is 5.56 Å². The molecule has 1 rings (SSSR count). The molecule has 2 amide bonds. The molecule has 0 spiro atoms. The molecule has 1 atom stereocenters. The van der Waals surface area contributed by atoms with E-state index in [1.165, 1.54) is 31.4 Å². The van der Waals surface area contributed by atoms with E-state index in [0.717, 1.165) is 6.42 Å². The molecule has 8 heteroatoms. The van der Waals surface area contributed by atoms with Crippen LogP contribution in [-0.4, -0.2) is 52.3 Å². The van der Waals surface area contributed by atoms with Crippen molar-refractivity contribution in [3.63, 3.8) is 0 Å². The third-order valence-electron chi connectivity index (χ3n) is 3.69. The van der Waals surface area contributed by atoms with Crippen LogP contribution in [-0.2, 0) is 19.4 Å². The van der Waals surface area contributed by atoms with Crippen LogP contribution in [0.4, 0.5) is 0 Å². The second-order valence-corrected chi connectivity index (χ2v) is 7.83. The van der Waals surface area contributed by atoms with Gasteiger partial charge >= 0.3 is 0 Å². The van der Waals surface area contributed by atoms with Crippen molar-refractivity contribution in [2.75, 3.05) is 26.0 Å². The molecule has 0 aliphatic rings. The molecule has 0 aromatic heterocycles. The van der Waals surface area contributed by atoms with Crippen molar-refractivity contribution < 1.29 is 22.7 Å². The van der Waals surface area contributed by atoms with Gasteiger partial charge < -0.3 is 15.4 Å². The van der Waals surface area contributed by atoms with Gasteiger partial charge in [0.15, 0.2) is 9.84 Å². The second kappa shape index (κ2) is 10.1. The van der Waals surface area contributed by atoms with Crippen LogP contribution in [0.2, 0.25) is 0 Å². The first-order valence-corrected chi connectivity index (χ1v) is 9.84. The number of methoxy groups -OCH3 is 1. The number of benzene rings is 1. The first kappa shape index (κ1) is 21.1. The van der Waals surface area contributed by atoms with Crippen LogP contribution in [0.1, 0.15) is 37.0 Å². The van der Waals surface area contributed by atoms with Crippen molar-refractivity contribution in [1.82, 2.24) is 10.6 Å². The molecule has 1 unspecified atom stereocenters. The predicted molar refractivity (Wildman–Crippen MR) is 95.2 cm³/mol. The number of rotatable bonds is 10. The van der Waals surface area contributed by atoms with Crippen molar-refractivity contribution in [2.24, 2.45) is 0 Å². The lowest BCUT2D eigenvalue weighted by atomic mass is 10.2. The molecule has 0 fully saturated rings. The molecule has 0 aliphatic heterocycles.